The highest BCUT2D eigenvalue weighted by atomic mass is 19.1. The minimum atomic E-state index is -1.27. The first-order valence-corrected chi connectivity index (χ1v) is 8.48. The molecule has 3 N–H and O–H groups in total. The number of halogens is 1. The topological polar surface area (TPSA) is 109 Å². The van der Waals surface area contributed by atoms with Crippen LogP contribution in [0.1, 0.15) is 17.2 Å². The average Bonchev–Trinajstić information content (AvgIpc) is 3.13. The van der Waals surface area contributed by atoms with Crippen molar-refractivity contribution in [1.82, 2.24) is 20.3 Å². The molecule has 1 heterocycles. The zero-order valence-electron chi connectivity index (χ0n) is 14.7. The van der Waals surface area contributed by atoms with E-state index in [1.54, 1.807) is 6.07 Å². The molecular formula is C19H18FN5O3. The van der Waals surface area contributed by atoms with Crippen LogP contribution >= 0.6 is 0 Å². The molecule has 3 rings (SSSR count). The number of rotatable bonds is 6. The molecule has 9 heteroatoms. The number of carbonyl (C=O) groups is 2. The molecule has 1 aromatic heterocycles. The number of nitrogens with zero attached hydrogens (tertiary/aromatic N) is 3. The molecule has 0 aliphatic heterocycles. The van der Waals surface area contributed by atoms with Gasteiger partial charge in [-0.15, -0.1) is 5.10 Å². The van der Waals surface area contributed by atoms with E-state index in [0.717, 1.165) is 5.56 Å². The normalized spacial score (nSPS) is 11.6. The Kier molecular flexibility index (Phi) is 6.07. The first-order chi connectivity index (χ1) is 13.5. The summed E-state index contributed by atoms with van der Waals surface area (Å²) in [5.41, 5.74) is 1.04. The van der Waals surface area contributed by atoms with Gasteiger partial charge in [-0.2, -0.15) is 0 Å². The van der Waals surface area contributed by atoms with Gasteiger partial charge in [0.2, 0.25) is 0 Å². The fourth-order valence-corrected chi connectivity index (χ4v) is 2.50. The van der Waals surface area contributed by atoms with Crippen LogP contribution in [0, 0.1) is 5.82 Å². The molecule has 0 saturated carbocycles. The molecule has 144 valence electrons. The quantitative estimate of drug-likeness (QED) is 0.555. The number of anilines is 1. The van der Waals surface area contributed by atoms with Gasteiger partial charge in [-0.05, 0) is 11.6 Å². The Morgan fingerprint density at radius 2 is 1.79 bits per heavy atom. The summed E-state index contributed by atoms with van der Waals surface area (Å²) in [6.45, 7) is 0.151. The van der Waals surface area contributed by atoms with Crippen molar-refractivity contribution in [2.45, 2.75) is 12.6 Å². The van der Waals surface area contributed by atoms with Crippen molar-refractivity contribution in [3.8, 4) is 0 Å². The average molecular weight is 383 g/mol. The molecule has 2 amide bonds. The van der Waals surface area contributed by atoms with Crippen LogP contribution in [-0.2, 0) is 16.1 Å². The fourth-order valence-electron chi connectivity index (χ4n) is 2.50. The number of aliphatic hydroxyl groups is 1. The maximum atomic E-state index is 13.6. The Morgan fingerprint density at radius 1 is 1.07 bits per heavy atom. The van der Waals surface area contributed by atoms with E-state index in [9.17, 15) is 19.1 Å². The van der Waals surface area contributed by atoms with E-state index in [2.05, 4.69) is 20.9 Å². The van der Waals surface area contributed by atoms with Crippen LogP contribution in [0.15, 0.2) is 60.8 Å². The van der Waals surface area contributed by atoms with Crippen LogP contribution in [0.4, 0.5) is 10.2 Å². The summed E-state index contributed by atoms with van der Waals surface area (Å²) in [6, 6.07) is 15.2. The van der Waals surface area contributed by atoms with E-state index >= 15 is 0 Å². The minimum Gasteiger partial charge on any atom is -0.386 e. The largest absolute Gasteiger partial charge is 0.386 e. The molecule has 2 aromatic carbocycles. The summed E-state index contributed by atoms with van der Waals surface area (Å²) in [4.78, 5) is 23.8. The summed E-state index contributed by atoms with van der Waals surface area (Å²) in [6.07, 6.45) is 0.219. The molecule has 0 bridgehead atoms. The van der Waals surface area contributed by atoms with E-state index in [4.69, 9.17) is 0 Å². The smallest absolute Gasteiger partial charge is 0.314 e. The predicted molar refractivity (Wildman–Crippen MR) is 98.6 cm³/mol. The molecule has 0 saturated heterocycles. The van der Waals surface area contributed by atoms with E-state index in [1.807, 2.05) is 30.3 Å². The number of aliphatic hydroxyl groups excluding tert-OH is 1. The first-order valence-electron chi connectivity index (χ1n) is 8.48. The maximum absolute atomic E-state index is 13.6. The van der Waals surface area contributed by atoms with Crippen molar-refractivity contribution in [2.75, 3.05) is 11.9 Å². The van der Waals surface area contributed by atoms with Gasteiger partial charge in [0.05, 0.1) is 18.8 Å². The number of aromatic nitrogens is 3. The zero-order valence-corrected chi connectivity index (χ0v) is 14.7. The van der Waals surface area contributed by atoms with E-state index in [1.165, 1.54) is 29.1 Å². The maximum Gasteiger partial charge on any atom is 0.314 e. The lowest BCUT2D eigenvalue weighted by molar-refractivity contribution is -0.136. The third kappa shape index (κ3) is 4.98. The SMILES string of the molecule is O=C(NC[C@H](O)c1ccccc1F)C(=O)Nc1cn(Cc2ccccc2)nn1. The highest BCUT2D eigenvalue weighted by Gasteiger charge is 2.18. The number of hydrogen-bond donors (Lipinski definition) is 3. The number of amides is 2. The fraction of sp³-hybridized carbons (Fsp3) is 0.158. The monoisotopic (exact) mass is 383 g/mol. The Labute approximate surface area is 160 Å². The molecule has 0 radical (unpaired) electrons. The second-order valence-electron chi connectivity index (χ2n) is 5.99. The van der Waals surface area contributed by atoms with E-state index < -0.39 is 23.7 Å². The lowest BCUT2D eigenvalue weighted by atomic mass is 10.1. The second kappa shape index (κ2) is 8.87. The molecule has 0 spiro atoms. The van der Waals surface area contributed by atoms with Crippen LogP contribution in [0.3, 0.4) is 0 Å². The van der Waals surface area contributed by atoms with E-state index in [-0.39, 0.29) is 17.9 Å². The van der Waals surface area contributed by atoms with Gasteiger partial charge >= 0.3 is 11.8 Å². The molecule has 0 aliphatic rings. The molecule has 0 unspecified atom stereocenters. The van der Waals surface area contributed by atoms with Crippen molar-refractivity contribution >= 4 is 17.6 Å². The molecule has 0 aliphatic carbocycles. The highest BCUT2D eigenvalue weighted by Crippen LogP contribution is 2.15. The third-order valence-corrected chi connectivity index (χ3v) is 3.89. The number of benzene rings is 2. The standard InChI is InChI=1S/C19H18FN5O3/c20-15-9-5-4-8-14(15)16(26)10-21-18(27)19(28)22-17-12-25(24-23-17)11-13-6-2-1-3-7-13/h1-9,12,16,26H,10-11H2,(H,21,27)(H,22,28)/t16-/m0/s1. The van der Waals surface area contributed by atoms with Crippen LogP contribution < -0.4 is 10.6 Å². The summed E-state index contributed by atoms with van der Waals surface area (Å²) < 4.78 is 15.1. The molecule has 3 aromatic rings. The Balaban J connectivity index is 1.50. The number of carbonyl (C=O) groups excluding carboxylic acids is 2. The van der Waals surface area contributed by atoms with Crippen molar-refractivity contribution in [2.24, 2.45) is 0 Å². The van der Waals surface area contributed by atoms with E-state index in [0.29, 0.717) is 6.54 Å². The Bertz CT molecular complexity index is 961. The molecule has 0 fully saturated rings. The van der Waals surface area contributed by atoms with Crippen LogP contribution in [-0.4, -0.2) is 38.5 Å². The summed E-state index contributed by atoms with van der Waals surface area (Å²) >= 11 is 0. The molecule has 8 nitrogen and oxygen atoms in total. The zero-order chi connectivity index (χ0) is 19.9. The van der Waals surface area contributed by atoms with Crippen LogP contribution in [0.25, 0.3) is 0 Å². The summed E-state index contributed by atoms with van der Waals surface area (Å²) in [5, 5.41) is 22.2. The van der Waals surface area contributed by atoms with Gasteiger partial charge in [-0.25, -0.2) is 9.07 Å². The number of nitrogens with one attached hydrogen (secondary N) is 2. The van der Waals surface area contributed by atoms with Crippen LogP contribution in [0.2, 0.25) is 0 Å². The predicted octanol–water partition coefficient (Wildman–Crippen LogP) is 1.25. The summed E-state index contributed by atoms with van der Waals surface area (Å²) in [5.74, 6) is -2.42. The van der Waals surface area contributed by atoms with Gasteiger partial charge in [0.1, 0.15) is 5.82 Å². The Hall–Kier alpha value is -3.59. The van der Waals surface area contributed by atoms with Gasteiger partial charge in [0.25, 0.3) is 0 Å². The molecule has 28 heavy (non-hydrogen) atoms. The van der Waals surface area contributed by atoms with Crippen molar-refractivity contribution < 1.29 is 19.1 Å². The number of hydrogen-bond acceptors (Lipinski definition) is 5. The van der Waals surface area contributed by atoms with Crippen molar-refractivity contribution in [3.63, 3.8) is 0 Å². The first kappa shape index (κ1) is 19.2. The second-order valence-corrected chi connectivity index (χ2v) is 5.99. The van der Waals surface area contributed by atoms with Crippen molar-refractivity contribution in [3.05, 3.63) is 77.7 Å². The summed E-state index contributed by atoms with van der Waals surface area (Å²) in [7, 11) is 0. The molecule has 1 atom stereocenters. The van der Waals surface area contributed by atoms with Gasteiger partial charge in [0, 0.05) is 12.1 Å². The van der Waals surface area contributed by atoms with Gasteiger partial charge in [-0.3, -0.25) is 14.9 Å². The lowest BCUT2D eigenvalue weighted by Gasteiger charge is -2.12. The van der Waals surface area contributed by atoms with Gasteiger partial charge in [-0.1, -0.05) is 53.7 Å². The minimum absolute atomic E-state index is 0.0343. The molecular weight excluding hydrogens is 365 g/mol. The van der Waals surface area contributed by atoms with Crippen molar-refractivity contribution in [1.29, 1.82) is 0 Å². The highest BCUT2D eigenvalue weighted by molar-refractivity contribution is 6.39. The van der Waals surface area contributed by atoms with Crippen LogP contribution in [0.5, 0.6) is 0 Å². The van der Waals surface area contributed by atoms with Gasteiger partial charge in [0.15, 0.2) is 5.82 Å². The van der Waals surface area contributed by atoms with Gasteiger partial charge < -0.3 is 10.4 Å². The lowest BCUT2D eigenvalue weighted by Crippen LogP contribution is -2.37. The third-order valence-electron chi connectivity index (χ3n) is 3.89. The Morgan fingerprint density at radius 3 is 2.54 bits per heavy atom.